The van der Waals surface area contributed by atoms with E-state index in [1.54, 1.807) is 30.9 Å². The van der Waals surface area contributed by atoms with Crippen molar-refractivity contribution >= 4 is 11.6 Å². The number of carbonyl (C=O) groups excluding carboxylic acids is 1. The quantitative estimate of drug-likeness (QED) is 0.633. The van der Waals surface area contributed by atoms with Gasteiger partial charge in [-0.25, -0.2) is 0 Å². The van der Waals surface area contributed by atoms with Crippen LogP contribution in [0, 0.1) is 24.0 Å². The SMILES string of the molecule is Cc1noc(C2CCN(C(=O)c3ccc(C)c([N+](=O)[O-])c3)CC2)n1. The highest BCUT2D eigenvalue weighted by Crippen LogP contribution is 2.28. The molecule has 24 heavy (non-hydrogen) atoms. The summed E-state index contributed by atoms with van der Waals surface area (Å²) in [4.78, 5) is 29.1. The van der Waals surface area contributed by atoms with Crippen molar-refractivity contribution in [1.82, 2.24) is 15.0 Å². The Kier molecular flexibility index (Phi) is 4.28. The largest absolute Gasteiger partial charge is 0.339 e. The maximum absolute atomic E-state index is 12.6. The fraction of sp³-hybridized carbons (Fsp3) is 0.438. The highest BCUT2D eigenvalue weighted by Gasteiger charge is 2.28. The third-order valence-electron chi connectivity index (χ3n) is 4.33. The van der Waals surface area contributed by atoms with Crippen molar-refractivity contribution in [2.45, 2.75) is 32.6 Å². The second-order valence-corrected chi connectivity index (χ2v) is 6.00. The van der Waals surface area contributed by atoms with Gasteiger partial charge >= 0.3 is 0 Å². The molecule has 0 unspecified atom stereocenters. The summed E-state index contributed by atoms with van der Waals surface area (Å²) in [7, 11) is 0. The molecule has 0 N–H and O–H groups in total. The molecule has 1 fully saturated rings. The lowest BCUT2D eigenvalue weighted by Crippen LogP contribution is -2.38. The smallest absolute Gasteiger partial charge is 0.273 e. The van der Waals surface area contributed by atoms with Crippen LogP contribution in [0.25, 0.3) is 0 Å². The number of hydrogen-bond donors (Lipinski definition) is 0. The van der Waals surface area contributed by atoms with Crippen molar-refractivity contribution in [3.8, 4) is 0 Å². The molecule has 0 aliphatic carbocycles. The average Bonchev–Trinajstić information content (AvgIpc) is 3.01. The summed E-state index contributed by atoms with van der Waals surface area (Å²) < 4.78 is 5.20. The molecule has 0 radical (unpaired) electrons. The van der Waals surface area contributed by atoms with E-state index in [4.69, 9.17) is 4.52 Å². The van der Waals surface area contributed by atoms with Crippen LogP contribution in [0.4, 0.5) is 5.69 Å². The lowest BCUT2D eigenvalue weighted by atomic mass is 9.96. The summed E-state index contributed by atoms with van der Waals surface area (Å²) in [5, 5.41) is 14.8. The number of aromatic nitrogens is 2. The van der Waals surface area contributed by atoms with Gasteiger partial charge in [0.25, 0.3) is 11.6 Å². The zero-order chi connectivity index (χ0) is 17.3. The summed E-state index contributed by atoms with van der Waals surface area (Å²) in [5.41, 5.74) is 0.860. The predicted molar refractivity (Wildman–Crippen MR) is 84.7 cm³/mol. The number of nitro groups is 1. The van der Waals surface area contributed by atoms with Gasteiger partial charge in [0.05, 0.1) is 4.92 Å². The maximum atomic E-state index is 12.6. The van der Waals surface area contributed by atoms with E-state index in [9.17, 15) is 14.9 Å². The van der Waals surface area contributed by atoms with Gasteiger partial charge in [-0.05, 0) is 32.8 Å². The first-order valence-electron chi connectivity index (χ1n) is 7.80. The molecule has 8 nitrogen and oxygen atoms in total. The van der Waals surface area contributed by atoms with E-state index in [0.717, 1.165) is 12.8 Å². The summed E-state index contributed by atoms with van der Waals surface area (Å²) in [6.07, 6.45) is 1.47. The Balaban J connectivity index is 1.69. The minimum Gasteiger partial charge on any atom is -0.339 e. The van der Waals surface area contributed by atoms with Crippen LogP contribution < -0.4 is 0 Å². The number of rotatable bonds is 3. The van der Waals surface area contributed by atoms with Gasteiger partial charge in [0.15, 0.2) is 5.82 Å². The van der Waals surface area contributed by atoms with Crippen LogP contribution in [0.5, 0.6) is 0 Å². The Morgan fingerprint density at radius 1 is 1.33 bits per heavy atom. The first kappa shape index (κ1) is 16.1. The van der Waals surface area contributed by atoms with Crippen molar-refractivity contribution in [2.75, 3.05) is 13.1 Å². The second kappa shape index (κ2) is 6.38. The van der Waals surface area contributed by atoms with E-state index < -0.39 is 4.92 Å². The fourth-order valence-corrected chi connectivity index (χ4v) is 2.93. The molecule has 0 spiro atoms. The van der Waals surface area contributed by atoms with Gasteiger partial charge in [0.1, 0.15) is 0 Å². The van der Waals surface area contributed by atoms with Gasteiger partial charge < -0.3 is 9.42 Å². The highest BCUT2D eigenvalue weighted by molar-refractivity contribution is 5.95. The van der Waals surface area contributed by atoms with Gasteiger partial charge in [0.2, 0.25) is 5.89 Å². The van der Waals surface area contributed by atoms with E-state index in [1.165, 1.54) is 6.07 Å². The summed E-state index contributed by atoms with van der Waals surface area (Å²) >= 11 is 0. The minimum atomic E-state index is -0.462. The van der Waals surface area contributed by atoms with Crippen LogP contribution in [-0.2, 0) is 0 Å². The molecule has 0 atom stereocenters. The molecule has 126 valence electrons. The monoisotopic (exact) mass is 330 g/mol. The van der Waals surface area contributed by atoms with E-state index in [0.29, 0.717) is 35.9 Å². The third kappa shape index (κ3) is 3.12. The Morgan fingerprint density at radius 2 is 2.04 bits per heavy atom. The molecule has 1 aliphatic rings. The predicted octanol–water partition coefficient (Wildman–Crippen LogP) is 2.61. The molecule has 0 saturated carbocycles. The normalized spacial score (nSPS) is 15.5. The van der Waals surface area contributed by atoms with Gasteiger partial charge in [-0.2, -0.15) is 4.98 Å². The number of nitrogens with zero attached hydrogens (tertiary/aromatic N) is 4. The van der Waals surface area contributed by atoms with Crippen molar-refractivity contribution < 1.29 is 14.2 Å². The molecule has 1 aromatic carbocycles. The lowest BCUT2D eigenvalue weighted by molar-refractivity contribution is -0.385. The van der Waals surface area contributed by atoms with E-state index >= 15 is 0 Å². The van der Waals surface area contributed by atoms with Crippen LogP contribution in [0.15, 0.2) is 22.7 Å². The second-order valence-electron chi connectivity index (χ2n) is 6.00. The molecule has 1 aliphatic heterocycles. The molecule has 1 saturated heterocycles. The van der Waals surface area contributed by atoms with Gasteiger partial charge in [-0.1, -0.05) is 11.2 Å². The Hall–Kier alpha value is -2.77. The molecular formula is C16H18N4O4. The Bertz CT molecular complexity index is 778. The number of piperidine rings is 1. The van der Waals surface area contributed by atoms with Gasteiger partial charge in [-0.3, -0.25) is 14.9 Å². The van der Waals surface area contributed by atoms with E-state index in [2.05, 4.69) is 10.1 Å². The molecular weight excluding hydrogens is 312 g/mol. The number of benzene rings is 1. The van der Waals surface area contributed by atoms with Crippen LogP contribution in [-0.4, -0.2) is 39.0 Å². The number of hydrogen-bond acceptors (Lipinski definition) is 6. The van der Waals surface area contributed by atoms with Gasteiger partial charge in [-0.15, -0.1) is 0 Å². The molecule has 1 amide bonds. The van der Waals surface area contributed by atoms with Crippen molar-refractivity contribution in [3.05, 3.63) is 51.2 Å². The third-order valence-corrected chi connectivity index (χ3v) is 4.33. The van der Waals surface area contributed by atoms with Crippen LogP contribution in [0.3, 0.4) is 0 Å². The molecule has 0 bridgehead atoms. The minimum absolute atomic E-state index is 0.0305. The van der Waals surface area contributed by atoms with Crippen LogP contribution >= 0.6 is 0 Å². The fourth-order valence-electron chi connectivity index (χ4n) is 2.93. The van der Waals surface area contributed by atoms with Crippen molar-refractivity contribution in [3.63, 3.8) is 0 Å². The summed E-state index contributed by atoms with van der Waals surface area (Å²) in [6, 6.07) is 4.60. The zero-order valence-corrected chi connectivity index (χ0v) is 13.6. The molecule has 2 aromatic rings. The average molecular weight is 330 g/mol. The highest BCUT2D eigenvalue weighted by atomic mass is 16.6. The standard InChI is InChI=1S/C16H18N4O4/c1-10-3-4-13(9-14(10)20(22)23)16(21)19-7-5-12(6-8-19)15-17-11(2)18-24-15/h3-4,9,12H,5-8H2,1-2H3. The topological polar surface area (TPSA) is 102 Å². The van der Waals surface area contributed by atoms with Crippen LogP contribution in [0.2, 0.25) is 0 Å². The van der Waals surface area contributed by atoms with Crippen molar-refractivity contribution in [2.24, 2.45) is 0 Å². The van der Waals surface area contributed by atoms with Crippen molar-refractivity contribution in [1.29, 1.82) is 0 Å². The lowest BCUT2D eigenvalue weighted by Gasteiger charge is -2.30. The van der Waals surface area contributed by atoms with Gasteiger partial charge in [0, 0.05) is 36.2 Å². The molecule has 3 rings (SSSR count). The first-order chi connectivity index (χ1) is 11.5. The molecule has 8 heteroatoms. The number of likely N-dealkylation sites (tertiary alicyclic amines) is 1. The van der Waals surface area contributed by atoms with E-state index in [-0.39, 0.29) is 17.5 Å². The van der Waals surface area contributed by atoms with Crippen LogP contribution in [0.1, 0.15) is 46.4 Å². The number of nitro benzene ring substituents is 1. The molecule has 2 heterocycles. The number of amides is 1. The molecule has 1 aromatic heterocycles. The number of aryl methyl sites for hydroxylation is 2. The summed E-state index contributed by atoms with van der Waals surface area (Å²) in [6.45, 7) is 4.55. The Morgan fingerprint density at radius 3 is 2.62 bits per heavy atom. The van der Waals surface area contributed by atoms with E-state index in [1.807, 2.05) is 0 Å². The first-order valence-corrected chi connectivity index (χ1v) is 7.80. The number of carbonyl (C=O) groups is 1. The Labute approximate surface area is 138 Å². The summed E-state index contributed by atoms with van der Waals surface area (Å²) in [5.74, 6) is 1.20. The zero-order valence-electron chi connectivity index (χ0n) is 13.6. The maximum Gasteiger partial charge on any atom is 0.273 e.